The van der Waals surface area contributed by atoms with Gasteiger partial charge in [-0.25, -0.2) is 4.79 Å². The quantitative estimate of drug-likeness (QED) is 0.670. The first-order chi connectivity index (χ1) is 6.13. The van der Waals surface area contributed by atoms with Crippen molar-refractivity contribution in [3.05, 3.63) is 10.5 Å². The lowest BCUT2D eigenvalue weighted by Gasteiger charge is -2.10. The third kappa shape index (κ3) is 2.43. The zero-order chi connectivity index (χ0) is 9.84. The van der Waals surface area contributed by atoms with Crippen LogP contribution in [0, 0.1) is 0 Å². The smallest absolute Gasteiger partial charge is 0.350 e. The minimum atomic E-state index is -0.394. The van der Waals surface area contributed by atoms with E-state index in [0.717, 1.165) is 0 Å². The van der Waals surface area contributed by atoms with Gasteiger partial charge in [-0.05, 0) is 6.92 Å². The number of rotatable bonds is 3. The molecule has 2 N–H and O–H groups in total. The molecule has 0 amide bonds. The van der Waals surface area contributed by atoms with Crippen LogP contribution in [0.1, 0.15) is 6.92 Å². The number of hydrogen-bond donors (Lipinski definition) is 2. The van der Waals surface area contributed by atoms with Gasteiger partial charge in [0.05, 0.1) is 0 Å². The first-order valence-corrected chi connectivity index (χ1v) is 4.03. The van der Waals surface area contributed by atoms with Crippen LogP contribution in [0.4, 0.5) is 11.9 Å². The molecule has 0 aromatic carbocycles. The van der Waals surface area contributed by atoms with Gasteiger partial charge in [0.2, 0.25) is 11.9 Å². The van der Waals surface area contributed by atoms with E-state index in [0.29, 0.717) is 18.4 Å². The number of aromatic amines is 1. The fourth-order valence-corrected chi connectivity index (χ4v) is 0.824. The van der Waals surface area contributed by atoms with Crippen molar-refractivity contribution in [2.45, 2.75) is 6.92 Å². The first-order valence-electron chi connectivity index (χ1n) is 4.03. The maximum absolute atomic E-state index is 11.0. The van der Waals surface area contributed by atoms with Crippen LogP contribution in [-0.2, 0) is 0 Å². The molecule has 1 aromatic heterocycles. The Morgan fingerprint density at radius 2 is 2.15 bits per heavy atom. The van der Waals surface area contributed by atoms with Crippen molar-refractivity contribution < 1.29 is 0 Å². The third-order valence-corrected chi connectivity index (χ3v) is 1.38. The summed E-state index contributed by atoms with van der Waals surface area (Å²) in [5, 5.41) is 2.91. The van der Waals surface area contributed by atoms with Crippen LogP contribution in [0.5, 0.6) is 0 Å². The van der Waals surface area contributed by atoms with Crippen molar-refractivity contribution in [2.75, 3.05) is 30.9 Å². The molecule has 0 aliphatic rings. The number of aromatic nitrogens is 3. The van der Waals surface area contributed by atoms with Crippen LogP contribution in [0.15, 0.2) is 4.79 Å². The summed E-state index contributed by atoms with van der Waals surface area (Å²) in [6.45, 7) is 2.63. The summed E-state index contributed by atoms with van der Waals surface area (Å²) in [5.74, 6) is 0.853. The van der Waals surface area contributed by atoms with Crippen molar-refractivity contribution >= 4 is 11.9 Å². The van der Waals surface area contributed by atoms with Gasteiger partial charge in [-0.15, -0.1) is 0 Å². The summed E-state index contributed by atoms with van der Waals surface area (Å²) in [7, 11) is 3.56. The molecule has 0 fully saturated rings. The van der Waals surface area contributed by atoms with Crippen molar-refractivity contribution in [1.29, 1.82) is 0 Å². The van der Waals surface area contributed by atoms with Crippen LogP contribution >= 0.6 is 0 Å². The van der Waals surface area contributed by atoms with Crippen LogP contribution < -0.4 is 15.9 Å². The average Bonchev–Trinajstić information content (AvgIpc) is 2.03. The molecule has 0 aliphatic heterocycles. The Morgan fingerprint density at radius 3 is 2.69 bits per heavy atom. The maximum Gasteiger partial charge on any atom is 0.350 e. The largest absolute Gasteiger partial charge is 0.356 e. The molecule has 1 rings (SSSR count). The molecule has 0 spiro atoms. The molecular weight excluding hydrogens is 170 g/mol. The van der Waals surface area contributed by atoms with Crippen molar-refractivity contribution in [3.63, 3.8) is 0 Å². The van der Waals surface area contributed by atoms with Gasteiger partial charge in [-0.1, -0.05) is 0 Å². The van der Waals surface area contributed by atoms with Gasteiger partial charge in [0, 0.05) is 20.6 Å². The van der Waals surface area contributed by atoms with E-state index in [9.17, 15) is 4.79 Å². The third-order valence-electron chi connectivity index (χ3n) is 1.38. The lowest BCUT2D eigenvalue weighted by molar-refractivity contribution is 0.916. The SMILES string of the molecule is CCNc1nc(N(C)C)nc(=O)[nH]1. The van der Waals surface area contributed by atoms with E-state index in [4.69, 9.17) is 0 Å². The van der Waals surface area contributed by atoms with Crippen molar-refractivity contribution in [2.24, 2.45) is 0 Å². The van der Waals surface area contributed by atoms with Crippen LogP contribution in [0.25, 0.3) is 0 Å². The number of anilines is 2. The van der Waals surface area contributed by atoms with Gasteiger partial charge in [-0.3, -0.25) is 4.98 Å². The normalized spacial score (nSPS) is 9.77. The predicted molar refractivity (Wildman–Crippen MR) is 51.1 cm³/mol. The molecule has 0 aliphatic carbocycles. The topological polar surface area (TPSA) is 73.9 Å². The van der Waals surface area contributed by atoms with E-state index in [1.807, 2.05) is 6.92 Å². The Labute approximate surface area is 76.0 Å². The van der Waals surface area contributed by atoms with Gasteiger partial charge in [0.15, 0.2) is 0 Å². The molecule has 6 heteroatoms. The molecule has 0 atom stereocenters. The maximum atomic E-state index is 11.0. The summed E-state index contributed by atoms with van der Waals surface area (Å²) in [6.07, 6.45) is 0. The van der Waals surface area contributed by atoms with E-state index in [1.165, 1.54) is 0 Å². The number of hydrogen-bond acceptors (Lipinski definition) is 5. The van der Waals surface area contributed by atoms with Crippen LogP contribution in [-0.4, -0.2) is 35.6 Å². The Morgan fingerprint density at radius 1 is 1.46 bits per heavy atom. The van der Waals surface area contributed by atoms with Crippen molar-refractivity contribution in [3.8, 4) is 0 Å². The van der Waals surface area contributed by atoms with E-state index in [2.05, 4.69) is 20.3 Å². The van der Waals surface area contributed by atoms with E-state index in [-0.39, 0.29) is 0 Å². The molecule has 0 saturated carbocycles. The molecule has 0 radical (unpaired) electrons. The summed E-state index contributed by atoms with van der Waals surface area (Å²) in [5.41, 5.74) is -0.394. The molecule has 0 bridgehead atoms. The van der Waals surface area contributed by atoms with E-state index >= 15 is 0 Å². The Balaban J connectivity index is 3.04. The van der Waals surface area contributed by atoms with Crippen LogP contribution in [0.3, 0.4) is 0 Å². The molecule has 0 unspecified atom stereocenters. The highest BCUT2D eigenvalue weighted by molar-refractivity contribution is 5.33. The Hall–Kier alpha value is -1.59. The molecule has 1 aromatic rings. The lowest BCUT2D eigenvalue weighted by Crippen LogP contribution is -2.22. The van der Waals surface area contributed by atoms with Gasteiger partial charge in [0.25, 0.3) is 0 Å². The highest BCUT2D eigenvalue weighted by Crippen LogP contribution is 2.01. The predicted octanol–water partition coefficient (Wildman–Crippen LogP) is -0.337. The molecule has 1 heterocycles. The second-order valence-corrected chi connectivity index (χ2v) is 2.73. The van der Waals surface area contributed by atoms with E-state index < -0.39 is 5.69 Å². The highest BCUT2D eigenvalue weighted by Gasteiger charge is 2.02. The molecule has 13 heavy (non-hydrogen) atoms. The molecule has 72 valence electrons. The standard InChI is InChI=1S/C7H13N5O/c1-4-8-5-9-6(12(2)3)11-7(13)10-5/h4H2,1-3H3,(H2,8,9,10,11,13). The second kappa shape index (κ2) is 3.88. The van der Waals surface area contributed by atoms with Gasteiger partial charge >= 0.3 is 5.69 Å². The number of nitrogens with zero attached hydrogens (tertiary/aromatic N) is 3. The monoisotopic (exact) mass is 183 g/mol. The molecular formula is C7H13N5O. The summed E-state index contributed by atoms with van der Waals surface area (Å²) < 4.78 is 0. The second-order valence-electron chi connectivity index (χ2n) is 2.73. The van der Waals surface area contributed by atoms with Gasteiger partial charge in [0.1, 0.15) is 0 Å². The summed E-state index contributed by atoms with van der Waals surface area (Å²) in [6, 6.07) is 0. The fraction of sp³-hybridized carbons (Fsp3) is 0.571. The Kier molecular flexibility index (Phi) is 2.84. The molecule has 6 nitrogen and oxygen atoms in total. The zero-order valence-electron chi connectivity index (χ0n) is 7.96. The summed E-state index contributed by atoms with van der Waals surface area (Å²) in [4.78, 5) is 22.9. The molecule has 0 saturated heterocycles. The van der Waals surface area contributed by atoms with Crippen LogP contribution in [0.2, 0.25) is 0 Å². The number of H-pyrrole nitrogens is 1. The first kappa shape index (κ1) is 9.50. The lowest BCUT2D eigenvalue weighted by atomic mass is 10.7. The van der Waals surface area contributed by atoms with Gasteiger partial charge in [-0.2, -0.15) is 9.97 Å². The Bertz CT molecular complexity index is 332. The minimum Gasteiger partial charge on any atom is -0.356 e. The zero-order valence-corrected chi connectivity index (χ0v) is 7.96. The van der Waals surface area contributed by atoms with E-state index in [1.54, 1.807) is 19.0 Å². The minimum absolute atomic E-state index is 0.394. The number of nitrogens with one attached hydrogen (secondary N) is 2. The highest BCUT2D eigenvalue weighted by atomic mass is 16.1. The van der Waals surface area contributed by atoms with Crippen molar-refractivity contribution in [1.82, 2.24) is 15.0 Å². The average molecular weight is 183 g/mol. The fourth-order valence-electron chi connectivity index (χ4n) is 0.824. The summed E-state index contributed by atoms with van der Waals surface area (Å²) >= 11 is 0. The van der Waals surface area contributed by atoms with Gasteiger partial charge < -0.3 is 10.2 Å².